The molecular formula is C20H18Cl2N6. The first-order valence-corrected chi connectivity index (χ1v) is 9.53. The fraction of sp³-hybridized carbons (Fsp3) is 0.100. The summed E-state index contributed by atoms with van der Waals surface area (Å²) in [5.74, 6) is 1.59. The molecule has 0 aliphatic carbocycles. The number of hydrogen-bond donors (Lipinski definition) is 4. The van der Waals surface area contributed by atoms with Gasteiger partial charge in [0.1, 0.15) is 0 Å². The number of aromatic amines is 2. The van der Waals surface area contributed by atoms with Crippen LogP contribution in [-0.4, -0.2) is 33.5 Å². The molecule has 28 heavy (non-hydrogen) atoms. The molecule has 8 heteroatoms. The van der Waals surface area contributed by atoms with Crippen molar-refractivity contribution in [1.29, 1.82) is 0 Å². The molecule has 0 radical (unpaired) electrons. The number of aromatic nitrogens is 4. The van der Waals surface area contributed by atoms with Gasteiger partial charge in [-0.25, -0.2) is 0 Å². The zero-order chi connectivity index (χ0) is 19.3. The Hall–Kier alpha value is -2.96. The lowest BCUT2D eigenvalue weighted by atomic mass is 10.1. The van der Waals surface area contributed by atoms with Gasteiger partial charge in [-0.1, -0.05) is 47.5 Å². The van der Waals surface area contributed by atoms with Gasteiger partial charge in [0.05, 0.1) is 0 Å². The second kappa shape index (κ2) is 8.37. The Bertz CT molecular complexity index is 952. The van der Waals surface area contributed by atoms with Crippen LogP contribution in [0.4, 0.5) is 11.6 Å². The van der Waals surface area contributed by atoms with Gasteiger partial charge < -0.3 is 10.6 Å². The van der Waals surface area contributed by atoms with Crippen molar-refractivity contribution in [3.63, 3.8) is 0 Å². The number of benzene rings is 2. The van der Waals surface area contributed by atoms with E-state index in [2.05, 4.69) is 31.0 Å². The molecule has 0 unspecified atom stereocenters. The van der Waals surface area contributed by atoms with E-state index < -0.39 is 0 Å². The van der Waals surface area contributed by atoms with Crippen molar-refractivity contribution in [3.05, 3.63) is 71.0 Å². The highest BCUT2D eigenvalue weighted by Crippen LogP contribution is 2.28. The summed E-state index contributed by atoms with van der Waals surface area (Å²) >= 11 is 11.9. The first-order valence-electron chi connectivity index (χ1n) is 8.78. The predicted molar refractivity (Wildman–Crippen MR) is 115 cm³/mol. The quantitative estimate of drug-likeness (QED) is 0.310. The van der Waals surface area contributed by atoms with E-state index in [4.69, 9.17) is 23.2 Å². The minimum absolute atomic E-state index is 0.679. The lowest BCUT2D eigenvalue weighted by Gasteiger charge is -2.09. The molecule has 0 atom stereocenters. The highest BCUT2D eigenvalue weighted by Gasteiger charge is 2.09. The largest absolute Gasteiger partial charge is 0.366 e. The summed E-state index contributed by atoms with van der Waals surface area (Å²) in [5, 5.41) is 22.5. The number of rotatable bonds is 7. The van der Waals surface area contributed by atoms with Crippen LogP contribution in [0.5, 0.6) is 0 Å². The molecule has 0 aliphatic rings. The van der Waals surface area contributed by atoms with Crippen molar-refractivity contribution >= 4 is 34.8 Å². The van der Waals surface area contributed by atoms with Gasteiger partial charge in [0.2, 0.25) is 0 Å². The molecule has 0 amide bonds. The minimum Gasteiger partial charge on any atom is -0.366 e. The van der Waals surface area contributed by atoms with Crippen molar-refractivity contribution in [2.24, 2.45) is 0 Å². The highest BCUT2D eigenvalue weighted by molar-refractivity contribution is 6.30. The van der Waals surface area contributed by atoms with Gasteiger partial charge in [-0.15, -0.1) is 0 Å². The monoisotopic (exact) mass is 412 g/mol. The Labute approximate surface area is 172 Å². The third-order valence-corrected chi connectivity index (χ3v) is 4.81. The summed E-state index contributed by atoms with van der Waals surface area (Å²) in [6.07, 6.45) is 3.73. The fourth-order valence-electron chi connectivity index (χ4n) is 2.91. The molecule has 4 N–H and O–H groups in total. The summed E-state index contributed by atoms with van der Waals surface area (Å²) in [4.78, 5) is 0. The molecule has 2 heterocycles. The molecule has 0 spiro atoms. The van der Waals surface area contributed by atoms with Crippen LogP contribution in [0.25, 0.3) is 22.3 Å². The summed E-state index contributed by atoms with van der Waals surface area (Å²) in [6, 6.07) is 15.3. The molecule has 4 aromatic rings. The van der Waals surface area contributed by atoms with E-state index in [1.165, 1.54) is 0 Å². The number of nitrogens with zero attached hydrogens (tertiary/aromatic N) is 2. The van der Waals surface area contributed by atoms with Gasteiger partial charge >= 0.3 is 0 Å². The third-order valence-electron chi connectivity index (χ3n) is 4.30. The molecule has 0 aliphatic heterocycles. The van der Waals surface area contributed by atoms with E-state index in [0.29, 0.717) is 23.1 Å². The first kappa shape index (κ1) is 18.4. The number of H-pyrrole nitrogens is 2. The normalized spacial score (nSPS) is 10.8. The molecule has 2 aromatic carbocycles. The van der Waals surface area contributed by atoms with E-state index in [-0.39, 0.29) is 0 Å². The second-order valence-corrected chi connectivity index (χ2v) is 7.04. The SMILES string of the molecule is Clc1ccc(-c2c[nH]nc2NCCNc2n[nH]cc2-c2ccc(Cl)cc2)cc1. The fourth-order valence-corrected chi connectivity index (χ4v) is 3.16. The Morgan fingerprint density at radius 2 is 1.04 bits per heavy atom. The van der Waals surface area contributed by atoms with E-state index >= 15 is 0 Å². The predicted octanol–water partition coefficient (Wildman–Crippen LogP) is 5.30. The summed E-state index contributed by atoms with van der Waals surface area (Å²) in [5.41, 5.74) is 4.09. The zero-order valence-electron chi connectivity index (χ0n) is 14.8. The molecule has 4 rings (SSSR count). The van der Waals surface area contributed by atoms with Crippen molar-refractivity contribution in [2.45, 2.75) is 0 Å². The summed E-state index contributed by atoms with van der Waals surface area (Å²) in [7, 11) is 0. The lowest BCUT2D eigenvalue weighted by molar-refractivity contribution is 1.01. The van der Waals surface area contributed by atoms with Crippen LogP contribution in [0.1, 0.15) is 0 Å². The average molecular weight is 413 g/mol. The van der Waals surface area contributed by atoms with Crippen molar-refractivity contribution in [1.82, 2.24) is 20.4 Å². The van der Waals surface area contributed by atoms with Crippen molar-refractivity contribution in [2.75, 3.05) is 23.7 Å². The molecule has 0 saturated carbocycles. The first-order chi connectivity index (χ1) is 13.7. The standard InChI is InChI=1S/C20H18Cl2N6/c21-15-5-1-13(2-6-15)17-11-25-27-19(17)23-9-10-24-20-18(12-26-28-20)14-3-7-16(22)8-4-14/h1-8,11-12H,9-10H2,(H2,23,25,27)(H2,24,26,28). The van der Waals surface area contributed by atoms with E-state index in [9.17, 15) is 0 Å². The minimum atomic E-state index is 0.679. The van der Waals surface area contributed by atoms with E-state index in [0.717, 1.165) is 33.9 Å². The second-order valence-electron chi connectivity index (χ2n) is 6.16. The molecule has 0 saturated heterocycles. The van der Waals surface area contributed by atoms with Crippen molar-refractivity contribution in [3.8, 4) is 22.3 Å². The van der Waals surface area contributed by atoms with Crippen LogP contribution in [-0.2, 0) is 0 Å². The van der Waals surface area contributed by atoms with Gasteiger partial charge in [-0.2, -0.15) is 10.2 Å². The summed E-state index contributed by atoms with van der Waals surface area (Å²) < 4.78 is 0. The number of hydrogen-bond acceptors (Lipinski definition) is 4. The van der Waals surface area contributed by atoms with Crippen LogP contribution in [0.3, 0.4) is 0 Å². The van der Waals surface area contributed by atoms with Gasteiger partial charge in [0.25, 0.3) is 0 Å². The van der Waals surface area contributed by atoms with Crippen molar-refractivity contribution < 1.29 is 0 Å². The van der Waals surface area contributed by atoms with Crippen LogP contribution >= 0.6 is 23.2 Å². The zero-order valence-corrected chi connectivity index (χ0v) is 16.3. The molecule has 6 nitrogen and oxygen atoms in total. The van der Waals surface area contributed by atoms with E-state index in [1.54, 1.807) is 0 Å². The summed E-state index contributed by atoms with van der Waals surface area (Å²) in [6.45, 7) is 1.36. The molecule has 0 fully saturated rings. The maximum Gasteiger partial charge on any atom is 0.155 e. The van der Waals surface area contributed by atoms with Crippen LogP contribution < -0.4 is 10.6 Å². The molecular weight excluding hydrogens is 395 g/mol. The Morgan fingerprint density at radius 1 is 0.643 bits per heavy atom. The van der Waals surface area contributed by atoms with Crippen LogP contribution in [0.2, 0.25) is 10.0 Å². The molecule has 2 aromatic heterocycles. The van der Waals surface area contributed by atoms with Gasteiger partial charge in [-0.3, -0.25) is 10.2 Å². The van der Waals surface area contributed by atoms with Crippen LogP contribution in [0.15, 0.2) is 60.9 Å². The van der Waals surface area contributed by atoms with Gasteiger partial charge in [0, 0.05) is 46.7 Å². The third kappa shape index (κ3) is 4.13. The number of anilines is 2. The highest BCUT2D eigenvalue weighted by atomic mass is 35.5. The maximum atomic E-state index is 5.97. The molecule has 142 valence electrons. The average Bonchev–Trinajstić information content (AvgIpc) is 3.36. The lowest BCUT2D eigenvalue weighted by Crippen LogP contribution is -2.14. The Kier molecular flexibility index (Phi) is 5.50. The van der Waals surface area contributed by atoms with Gasteiger partial charge in [0.15, 0.2) is 11.6 Å². The van der Waals surface area contributed by atoms with Gasteiger partial charge in [-0.05, 0) is 35.4 Å². The Morgan fingerprint density at radius 3 is 1.43 bits per heavy atom. The Balaban J connectivity index is 1.36. The van der Waals surface area contributed by atoms with Crippen LogP contribution in [0, 0.1) is 0 Å². The maximum absolute atomic E-state index is 5.97. The van der Waals surface area contributed by atoms with E-state index in [1.807, 2.05) is 60.9 Å². The topological polar surface area (TPSA) is 81.4 Å². The smallest absolute Gasteiger partial charge is 0.155 e. The number of nitrogens with one attached hydrogen (secondary N) is 4. The molecule has 0 bridgehead atoms. The number of halogens is 2.